The van der Waals surface area contributed by atoms with E-state index in [0.29, 0.717) is 31.7 Å². The number of rotatable bonds is 5. The molecule has 0 saturated carbocycles. The third-order valence-corrected chi connectivity index (χ3v) is 6.31. The number of pyridine rings is 1. The predicted molar refractivity (Wildman–Crippen MR) is 96.1 cm³/mol. The minimum Gasteiger partial charge on any atom is -0.465 e. The van der Waals surface area contributed by atoms with Crippen molar-refractivity contribution < 1.29 is 17.9 Å². The predicted octanol–water partition coefficient (Wildman–Crippen LogP) is 1.37. The summed E-state index contributed by atoms with van der Waals surface area (Å²) in [7, 11) is -2.27. The number of benzene rings is 1. The average molecular weight is 375 g/mol. The smallest absolute Gasteiger partial charge is 0.337 e. The number of esters is 1. The van der Waals surface area contributed by atoms with Crippen molar-refractivity contribution in [1.29, 1.82) is 0 Å². The lowest BCUT2D eigenvalue weighted by atomic mass is 10.2. The van der Waals surface area contributed by atoms with Crippen LogP contribution in [0.25, 0.3) is 0 Å². The van der Waals surface area contributed by atoms with Gasteiger partial charge in [0.25, 0.3) is 0 Å². The van der Waals surface area contributed by atoms with Crippen molar-refractivity contribution in [1.82, 2.24) is 14.2 Å². The van der Waals surface area contributed by atoms with Gasteiger partial charge in [0.2, 0.25) is 10.0 Å². The Bertz CT molecular complexity index is 846. The number of hydrogen-bond acceptors (Lipinski definition) is 6. The molecule has 3 rings (SSSR count). The number of hydrogen-bond donors (Lipinski definition) is 0. The highest BCUT2D eigenvalue weighted by Crippen LogP contribution is 2.19. The summed E-state index contributed by atoms with van der Waals surface area (Å²) in [5, 5.41) is 0. The third-order valence-electron chi connectivity index (χ3n) is 4.40. The fraction of sp³-hybridized carbons (Fsp3) is 0.333. The number of methoxy groups -OCH3 is 1. The molecular weight excluding hydrogens is 354 g/mol. The molecule has 1 fully saturated rings. The van der Waals surface area contributed by atoms with E-state index in [1.807, 2.05) is 12.1 Å². The topological polar surface area (TPSA) is 79.8 Å². The Hall–Kier alpha value is -2.29. The minimum atomic E-state index is -3.56. The summed E-state index contributed by atoms with van der Waals surface area (Å²) in [6.07, 6.45) is 3.52. The number of carbonyl (C=O) groups is 1. The highest BCUT2D eigenvalue weighted by atomic mass is 32.2. The summed E-state index contributed by atoms with van der Waals surface area (Å²) in [6.45, 7) is 2.99. The van der Waals surface area contributed by atoms with Gasteiger partial charge < -0.3 is 4.74 Å². The molecule has 0 bridgehead atoms. The summed E-state index contributed by atoms with van der Waals surface area (Å²) in [6, 6.07) is 9.77. The SMILES string of the molecule is COC(=O)c1ccc(S(=O)(=O)N2CCN(Cc3ccncc3)CC2)cc1. The monoisotopic (exact) mass is 375 g/mol. The number of aromatic nitrogens is 1. The number of nitrogens with zero attached hydrogens (tertiary/aromatic N) is 3. The van der Waals surface area contributed by atoms with Crippen LogP contribution in [0.5, 0.6) is 0 Å². The molecule has 1 saturated heterocycles. The lowest BCUT2D eigenvalue weighted by molar-refractivity contribution is 0.0600. The number of sulfonamides is 1. The van der Waals surface area contributed by atoms with E-state index in [4.69, 9.17) is 0 Å². The molecule has 138 valence electrons. The van der Waals surface area contributed by atoms with Gasteiger partial charge in [-0.25, -0.2) is 13.2 Å². The van der Waals surface area contributed by atoms with Crippen molar-refractivity contribution >= 4 is 16.0 Å². The molecule has 0 amide bonds. The van der Waals surface area contributed by atoms with Crippen LogP contribution in [0.15, 0.2) is 53.7 Å². The van der Waals surface area contributed by atoms with E-state index in [0.717, 1.165) is 12.1 Å². The molecule has 2 aromatic rings. The molecule has 26 heavy (non-hydrogen) atoms. The van der Waals surface area contributed by atoms with Crippen molar-refractivity contribution in [3.63, 3.8) is 0 Å². The molecule has 0 unspecified atom stereocenters. The normalized spacial score (nSPS) is 16.3. The molecule has 2 heterocycles. The van der Waals surface area contributed by atoms with Crippen LogP contribution in [0.4, 0.5) is 0 Å². The van der Waals surface area contributed by atoms with Gasteiger partial charge in [-0.1, -0.05) is 0 Å². The minimum absolute atomic E-state index is 0.188. The first-order valence-corrected chi connectivity index (χ1v) is 9.74. The Balaban J connectivity index is 1.63. The van der Waals surface area contributed by atoms with E-state index in [-0.39, 0.29) is 4.90 Å². The highest BCUT2D eigenvalue weighted by Gasteiger charge is 2.28. The second-order valence-electron chi connectivity index (χ2n) is 6.05. The summed E-state index contributed by atoms with van der Waals surface area (Å²) >= 11 is 0. The molecule has 0 radical (unpaired) electrons. The molecular formula is C18H21N3O4S. The maximum absolute atomic E-state index is 12.8. The molecule has 1 aliphatic heterocycles. The van der Waals surface area contributed by atoms with Crippen LogP contribution in [0.1, 0.15) is 15.9 Å². The quantitative estimate of drug-likeness (QED) is 0.735. The molecule has 1 aliphatic rings. The maximum atomic E-state index is 12.8. The lowest BCUT2D eigenvalue weighted by Gasteiger charge is -2.34. The van der Waals surface area contributed by atoms with E-state index >= 15 is 0 Å². The zero-order valence-corrected chi connectivity index (χ0v) is 15.4. The molecule has 1 aromatic heterocycles. The zero-order chi connectivity index (χ0) is 18.6. The van der Waals surface area contributed by atoms with Gasteiger partial charge in [0.05, 0.1) is 17.6 Å². The van der Waals surface area contributed by atoms with Crippen LogP contribution in [0, 0.1) is 0 Å². The molecule has 1 aromatic carbocycles. The van der Waals surface area contributed by atoms with Crippen molar-refractivity contribution in [2.24, 2.45) is 0 Å². The Labute approximate surface area is 153 Å². The van der Waals surface area contributed by atoms with Gasteiger partial charge >= 0.3 is 5.97 Å². The molecule has 0 N–H and O–H groups in total. The van der Waals surface area contributed by atoms with Gasteiger partial charge in [-0.15, -0.1) is 0 Å². The largest absolute Gasteiger partial charge is 0.465 e. The van der Waals surface area contributed by atoms with E-state index < -0.39 is 16.0 Å². The summed E-state index contributed by atoms with van der Waals surface area (Å²) in [4.78, 5) is 17.9. The van der Waals surface area contributed by atoms with Crippen molar-refractivity contribution in [2.45, 2.75) is 11.4 Å². The summed E-state index contributed by atoms with van der Waals surface area (Å²) < 4.78 is 31.7. The van der Waals surface area contributed by atoms with Crippen LogP contribution < -0.4 is 0 Å². The average Bonchev–Trinajstić information content (AvgIpc) is 2.68. The van der Waals surface area contributed by atoms with Crippen LogP contribution in [0.2, 0.25) is 0 Å². The summed E-state index contributed by atoms with van der Waals surface area (Å²) in [5.41, 5.74) is 1.49. The second-order valence-corrected chi connectivity index (χ2v) is 7.99. The van der Waals surface area contributed by atoms with Gasteiger partial charge in [-0.05, 0) is 42.0 Å². The van der Waals surface area contributed by atoms with Crippen molar-refractivity contribution in [3.05, 3.63) is 59.9 Å². The Morgan fingerprint density at radius 3 is 2.23 bits per heavy atom. The second kappa shape index (κ2) is 7.94. The zero-order valence-electron chi connectivity index (χ0n) is 14.5. The van der Waals surface area contributed by atoms with E-state index in [1.165, 1.54) is 35.7 Å². The van der Waals surface area contributed by atoms with Gasteiger partial charge in [-0.3, -0.25) is 9.88 Å². The third kappa shape index (κ3) is 4.09. The first-order valence-electron chi connectivity index (χ1n) is 8.30. The molecule has 0 atom stereocenters. The van der Waals surface area contributed by atoms with Crippen LogP contribution >= 0.6 is 0 Å². The van der Waals surface area contributed by atoms with Gasteiger partial charge in [0, 0.05) is 45.1 Å². The van der Waals surface area contributed by atoms with Crippen LogP contribution in [0.3, 0.4) is 0 Å². The number of ether oxygens (including phenoxy) is 1. The van der Waals surface area contributed by atoms with Crippen LogP contribution in [-0.4, -0.2) is 61.9 Å². The summed E-state index contributed by atoms with van der Waals surface area (Å²) in [5.74, 6) is -0.487. The molecule has 7 nitrogen and oxygen atoms in total. The first-order chi connectivity index (χ1) is 12.5. The molecule has 0 spiro atoms. The van der Waals surface area contributed by atoms with Gasteiger partial charge in [0.1, 0.15) is 0 Å². The lowest BCUT2D eigenvalue weighted by Crippen LogP contribution is -2.48. The van der Waals surface area contributed by atoms with Crippen molar-refractivity contribution in [2.75, 3.05) is 33.3 Å². The van der Waals surface area contributed by atoms with Gasteiger partial charge in [0.15, 0.2) is 0 Å². The maximum Gasteiger partial charge on any atom is 0.337 e. The Morgan fingerprint density at radius 2 is 1.65 bits per heavy atom. The molecule has 8 heteroatoms. The first kappa shape index (κ1) is 18.5. The molecule has 0 aliphatic carbocycles. The van der Waals surface area contributed by atoms with Gasteiger partial charge in [-0.2, -0.15) is 4.31 Å². The number of carbonyl (C=O) groups excluding carboxylic acids is 1. The van der Waals surface area contributed by atoms with E-state index in [1.54, 1.807) is 12.4 Å². The standard InChI is InChI=1S/C18H21N3O4S/c1-25-18(22)16-2-4-17(5-3-16)26(23,24)21-12-10-20(11-13-21)14-15-6-8-19-9-7-15/h2-9H,10-14H2,1H3. The Kier molecular flexibility index (Phi) is 5.65. The fourth-order valence-electron chi connectivity index (χ4n) is 2.90. The number of piperazine rings is 1. The van der Waals surface area contributed by atoms with Crippen LogP contribution in [-0.2, 0) is 21.3 Å². The van der Waals surface area contributed by atoms with Crippen molar-refractivity contribution in [3.8, 4) is 0 Å². The highest BCUT2D eigenvalue weighted by molar-refractivity contribution is 7.89. The van der Waals surface area contributed by atoms with E-state index in [9.17, 15) is 13.2 Å². The Morgan fingerprint density at radius 1 is 1.04 bits per heavy atom. The van der Waals surface area contributed by atoms with E-state index in [2.05, 4.69) is 14.6 Å². The fourth-order valence-corrected chi connectivity index (χ4v) is 4.33.